The molecule has 1 saturated heterocycles. The molecule has 0 unspecified atom stereocenters. The SMILES string of the molecule is N#CC1=C2SCN(Cc3ccccc3)CN2C(=O)C[C@H]1c1ccc(Br)cc1. The highest BCUT2D eigenvalue weighted by molar-refractivity contribution is 9.10. The van der Waals surface area contributed by atoms with Gasteiger partial charge in [0, 0.05) is 23.4 Å². The molecule has 1 atom stereocenters. The molecule has 0 N–H and O–H groups in total. The third-order valence-electron chi connectivity index (χ3n) is 4.87. The highest BCUT2D eigenvalue weighted by Gasteiger charge is 2.38. The number of nitrogens with zero attached hydrogens (tertiary/aromatic N) is 3. The van der Waals surface area contributed by atoms with Crippen LogP contribution >= 0.6 is 27.7 Å². The van der Waals surface area contributed by atoms with Crippen molar-refractivity contribution in [3.8, 4) is 6.07 Å². The Kier molecular flexibility index (Phi) is 5.35. The van der Waals surface area contributed by atoms with Crippen LogP contribution in [-0.2, 0) is 11.3 Å². The van der Waals surface area contributed by atoms with Gasteiger partial charge in [-0.1, -0.05) is 70.2 Å². The van der Waals surface area contributed by atoms with E-state index in [9.17, 15) is 10.1 Å². The molecule has 4 rings (SSSR count). The first-order valence-electron chi connectivity index (χ1n) is 8.75. The number of carbonyl (C=O) groups is 1. The molecule has 2 heterocycles. The van der Waals surface area contributed by atoms with E-state index in [2.05, 4.69) is 39.0 Å². The smallest absolute Gasteiger partial charge is 0.229 e. The molecular formula is C21H18BrN3OS. The molecule has 1 amide bonds. The van der Waals surface area contributed by atoms with Crippen LogP contribution in [0.4, 0.5) is 0 Å². The van der Waals surface area contributed by atoms with Gasteiger partial charge < -0.3 is 0 Å². The Hall–Kier alpha value is -2.07. The predicted molar refractivity (Wildman–Crippen MR) is 110 cm³/mol. The number of halogens is 1. The first kappa shape index (κ1) is 18.3. The summed E-state index contributed by atoms with van der Waals surface area (Å²) in [6.07, 6.45) is 0.341. The Morgan fingerprint density at radius 1 is 1.15 bits per heavy atom. The largest absolute Gasteiger partial charge is 0.292 e. The summed E-state index contributed by atoms with van der Waals surface area (Å²) in [5.74, 6) is 0.698. The van der Waals surface area contributed by atoms with Crippen molar-refractivity contribution in [3.63, 3.8) is 0 Å². The molecule has 0 aliphatic carbocycles. The van der Waals surface area contributed by atoms with Gasteiger partial charge in [0.25, 0.3) is 0 Å². The van der Waals surface area contributed by atoms with Crippen molar-refractivity contribution in [2.24, 2.45) is 0 Å². The minimum Gasteiger partial charge on any atom is -0.292 e. The van der Waals surface area contributed by atoms with Gasteiger partial charge >= 0.3 is 0 Å². The average molecular weight is 440 g/mol. The van der Waals surface area contributed by atoms with Crippen molar-refractivity contribution in [2.45, 2.75) is 18.9 Å². The molecule has 6 heteroatoms. The maximum atomic E-state index is 12.9. The van der Waals surface area contributed by atoms with Crippen molar-refractivity contribution in [2.75, 3.05) is 12.5 Å². The number of allylic oxidation sites excluding steroid dienone is 1. The third-order valence-corrected chi connectivity index (χ3v) is 6.61. The van der Waals surface area contributed by atoms with Crippen LogP contribution in [0.3, 0.4) is 0 Å². The van der Waals surface area contributed by atoms with Crippen molar-refractivity contribution < 1.29 is 4.79 Å². The standard InChI is InChI=1S/C21H18BrN3OS/c22-17-8-6-16(7-9-17)18-10-20(26)25-13-24(12-15-4-2-1-3-5-15)14-27-21(25)19(18)11-23/h1-9,18H,10,12-14H2/t18-/m0/s1. The summed E-state index contributed by atoms with van der Waals surface area (Å²) in [4.78, 5) is 16.9. The van der Waals surface area contributed by atoms with E-state index in [1.165, 1.54) is 5.56 Å². The number of amides is 1. The fourth-order valence-electron chi connectivity index (χ4n) is 3.53. The van der Waals surface area contributed by atoms with E-state index in [4.69, 9.17) is 0 Å². The van der Waals surface area contributed by atoms with Crippen LogP contribution in [0.15, 0.2) is 69.7 Å². The van der Waals surface area contributed by atoms with E-state index in [1.54, 1.807) is 16.7 Å². The molecule has 2 aromatic rings. The van der Waals surface area contributed by atoms with E-state index in [1.807, 2.05) is 42.5 Å². The van der Waals surface area contributed by atoms with Crippen LogP contribution < -0.4 is 0 Å². The molecule has 0 saturated carbocycles. The lowest BCUT2D eigenvalue weighted by Gasteiger charge is -2.41. The number of hydrogen-bond acceptors (Lipinski definition) is 4. The molecule has 0 aromatic heterocycles. The number of fused-ring (bicyclic) bond motifs is 1. The second-order valence-electron chi connectivity index (χ2n) is 6.69. The third kappa shape index (κ3) is 3.81. The van der Waals surface area contributed by atoms with Gasteiger partial charge in [-0.2, -0.15) is 5.26 Å². The molecule has 4 nitrogen and oxygen atoms in total. The van der Waals surface area contributed by atoms with Gasteiger partial charge in [-0.15, -0.1) is 0 Å². The number of thioether (sulfide) groups is 1. The molecule has 2 aromatic carbocycles. The maximum Gasteiger partial charge on any atom is 0.229 e. The van der Waals surface area contributed by atoms with Crippen LogP contribution in [0.5, 0.6) is 0 Å². The average Bonchev–Trinajstić information content (AvgIpc) is 2.69. The lowest BCUT2D eigenvalue weighted by atomic mass is 9.86. The monoisotopic (exact) mass is 439 g/mol. The molecular weight excluding hydrogens is 422 g/mol. The number of hydrogen-bond donors (Lipinski definition) is 0. The summed E-state index contributed by atoms with van der Waals surface area (Å²) < 4.78 is 0.991. The first-order chi connectivity index (χ1) is 13.2. The number of benzene rings is 2. The number of nitriles is 1. The zero-order chi connectivity index (χ0) is 18.8. The van der Waals surface area contributed by atoms with Gasteiger partial charge in [0.1, 0.15) is 0 Å². The summed E-state index contributed by atoms with van der Waals surface area (Å²) in [7, 11) is 0. The van der Waals surface area contributed by atoms with Crippen LogP contribution in [0, 0.1) is 11.3 Å². The van der Waals surface area contributed by atoms with Crippen LogP contribution in [0.1, 0.15) is 23.5 Å². The first-order valence-corrected chi connectivity index (χ1v) is 10.5. The molecule has 2 aliphatic rings. The topological polar surface area (TPSA) is 47.3 Å². The summed E-state index contributed by atoms with van der Waals surface area (Å²) in [6, 6.07) is 20.5. The normalized spacial score (nSPS) is 20.4. The fraction of sp³-hybridized carbons (Fsp3) is 0.238. The van der Waals surface area contributed by atoms with Gasteiger partial charge in [0.2, 0.25) is 5.91 Å². The molecule has 27 heavy (non-hydrogen) atoms. The second-order valence-corrected chi connectivity index (χ2v) is 8.54. The zero-order valence-electron chi connectivity index (χ0n) is 14.6. The van der Waals surface area contributed by atoms with Gasteiger partial charge in [0.15, 0.2) is 0 Å². The second kappa shape index (κ2) is 7.89. The molecule has 136 valence electrons. The van der Waals surface area contributed by atoms with Gasteiger partial charge in [-0.25, -0.2) is 0 Å². The summed E-state index contributed by atoms with van der Waals surface area (Å²) in [5, 5.41) is 10.6. The molecule has 1 fully saturated rings. The molecule has 0 bridgehead atoms. The minimum atomic E-state index is -0.157. The number of carbonyl (C=O) groups excluding carboxylic acids is 1. The Bertz CT molecular complexity index is 921. The highest BCUT2D eigenvalue weighted by atomic mass is 79.9. The van der Waals surface area contributed by atoms with Crippen LogP contribution in [0.2, 0.25) is 0 Å². The van der Waals surface area contributed by atoms with Gasteiger partial charge in [0.05, 0.1) is 29.2 Å². The Morgan fingerprint density at radius 2 is 1.89 bits per heavy atom. The van der Waals surface area contributed by atoms with Gasteiger partial charge in [-0.05, 0) is 23.3 Å². The van der Waals surface area contributed by atoms with Crippen LogP contribution in [0.25, 0.3) is 0 Å². The summed E-state index contributed by atoms with van der Waals surface area (Å²) in [6.45, 7) is 1.33. The quantitative estimate of drug-likeness (QED) is 0.697. The molecule has 2 aliphatic heterocycles. The Labute approximate surface area is 171 Å². The summed E-state index contributed by atoms with van der Waals surface area (Å²) >= 11 is 5.03. The van der Waals surface area contributed by atoms with Crippen LogP contribution in [-0.4, -0.2) is 28.3 Å². The highest BCUT2D eigenvalue weighted by Crippen LogP contribution is 2.42. The Morgan fingerprint density at radius 3 is 2.59 bits per heavy atom. The van der Waals surface area contributed by atoms with E-state index in [-0.39, 0.29) is 11.8 Å². The molecule has 0 spiro atoms. The Balaban J connectivity index is 1.59. The summed E-state index contributed by atoms with van der Waals surface area (Å²) in [5.41, 5.74) is 2.95. The fourth-order valence-corrected chi connectivity index (χ4v) is 4.93. The molecule has 0 radical (unpaired) electrons. The van der Waals surface area contributed by atoms with Crippen molar-refractivity contribution in [3.05, 3.63) is 80.8 Å². The van der Waals surface area contributed by atoms with E-state index >= 15 is 0 Å². The van der Waals surface area contributed by atoms with E-state index in [0.29, 0.717) is 18.7 Å². The van der Waals surface area contributed by atoms with Gasteiger partial charge in [-0.3, -0.25) is 14.6 Å². The van der Waals surface area contributed by atoms with Crippen molar-refractivity contribution >= 4 is 33.6 Å². The maximum absolute atomic E-state index is 12.9. The van der Waals surface area contributed by atoms with Crippen molar-refractivity contribution in [1.29, 1.82) is 5.26 Å². The lowest BCUT2D eigenvalue weighted by Crippen LogP contribution is -2.46. The van der Waals surface area contributed by atoms with E-state index < -0.39 is 0 Å². The van der Waals surface area contributed by atoms with E-state index in [0.717, 1.165) is 27.5 Å². The lowest BCUT2D eigenvalue weighted by molar-refractivity contribution is -0.131. The van der Waals surface area contributed by atoms with Crippen molar-refractivity contribution in [1.82, 2.24) is 9.80 Å². The number of rotatable bonds is 3. The predicted octanol–water partition coefficient (Wildman–Crippen LogP) is 4.66. The minimum absolute atomic E-state index is 0.0854. The zero-order valence-corrected chi connectivity index (χ0v) is 17.0.